The van der Waals surface area contributed by atoms with Crippen LogP contribution in [0, 0.1) is 16.0 Å². The van der Waals surface area contributed by atoms with E-state index in [0.29, 0.717) is 31.6 Å². The zero-order valence-corrected chi connectivity index (χ0v) is 13.2. The van der Waals surface area contributed by atoms with Gasteiger partial charge in [-0.3, -0.25) is 24.3 Å². The van der Waals surface area contributed by atoms with Gasteiger partial charge >= 0.3 is 5.97 Å². The highest BCUT2D eigenvalue weighted by molar-refractivity contribution is 5.87. The lowest BCUT2D eigenvalue weighted by atomic mass is 9.77. The molecule has 0 bridgehead atoms. The Morgan fingerprint density at radius 1 is 1.42 bits per heavy atom. The van der Waals surface area contributed by atoms with E-state index >= 15 is 0 Å². The van der Waals surface area contributed by atoms with Crippen LogP contribution in [0.4, 0.5) is 5.69 Å². The second-order valence-electron chi connectivity index (χ2n) is 6.23. The van der Waals surface area contributed by atoms with E-state index in [9.17, 15) is 29.6 Å². The molecule has 1 aromatic rings. The minimum atomic E-state index is -1.34. The van der Waals surface area contributed by atoms with Crippen molar-refractivity contribution in [3.63, 3.8) is 0 Å². The zero-order valence-electron chi connectivity index (χ0n) is 13.2. The van der Waals surface area contributed by atoms with Crippen LogP contribution in [-0.4, -0.2) is 32.0 Å². The lowest BCUT2D eigenvalue weighted by Gasteiger charge is -2.36. The van der Waals surface area contributed by atoms with E-state index in [-0.39, 0.29) is 5.69 Å². The van der Waals surface area contributed by atoms with Gasteiger partial charge in [0.15, 0.2) is 0 Å². The molecular weight excluding hydrogens is 318 g/mol. The van der Waals surface area contributed by atoms with Crippen molar-refractivity contribution < 1.29 is 19.6 Å². The number of carboxylic acid groups (broad SMARTS) is 1. The van der Waals surface area contributed by atoms with Gasteiger partial charge in [0.2, 0.25) is 5.91 Å². The summed E-state index contributed by atoms with van der Waals surface area (Å²) in [6.45, 7) is 1.56. The number of carboxylic acids is 1. The molecule has 130 valence electrons. The first-order valence-corrected chi connectivity index (χ1v) is 7.63. The molecule has 0 spiro atoms. The first kappa shape index (κ1) is 17.6. The highest BCUT2D eigenvalue weighted by Gasteiger charge is 2.42. The van der Waals surface area contributed by atoms with Gasteiger partial charge in [0.1, 0.15) is 12.1 Å². The third kappa shape index (κ3) is 3.79. The van der Waals surface area contributed by atoms with Gasteiger partial charge in [0.25, 0.3) is 11.2 Å². The topological polar surface area (TPSA) is 132 Å². The molecule has 24 heavy (non-hydrogen) atoms. The average molecular weight is 337 g/mol. The second-order valence-corrected chi connectivity index (χ2v) is 6.23. The first-order valence-electron chi connectivity index (χ1n) is 7.63. The minimum absolute atomic E-state index is 0.318. The Bertz CT molecular complexity index is 718. The molecular formula is C15H19N3O6. The van der Waals surface area contributed by atoms with Crippen LogP contribution in [0.2, 0.25) is 0 Å². The van der Waals surface area contributed by atoms with Gasteiger partial charge in [0, 0.05) is 12.1 Å². The van der Waals surface area contributed by atoms with E-state index in [4.69, 9.17) is 0 Å². The molecule has 0 unspecified atom stereocenters. The third-order valence-electron chi connectivity index (χ3n) is 4.41. The van der Waals surface area contributed by atoms with Gasteiger partial charge in [0.05, 0.1) is 11.1 Å². The number of pyridine rings is 1. The summed E-state index contributed by atoms with van der Waals surface area (Å²) in [5, 5.41) is 22.7. The van der Waals surface area contributed by atoms with Crippen molar-refractivity contribution in [2.45, 2.75) is 44.7 Å². The van der Waals surface area contributed by atoms with Crippen molar-refractivity contribution in [3.8, 4) is 0 Å². The lowest BCUT2D eigenvalue weighted by molar-refractivity contribution is -0.385. The summed E-state index contributed by atoms with van der Waals surface area (Å²) in [4.78, 5) is 45.6. The average Bonchev–Trinajstić information content (AvgIpc) is 2.51. The molecule has 0 saturated heterocycles. The van der Waals surface area contributed by atoms with Gasteiger partial charge < -0.3 is 10.4 Å². The number of aliphatic carboxylic acids is 1. The number of nitrogens with one attached hydrogen (secondary N) is 1. The summed E-state index contributed by atoms with van der Waals surface area (Å²) in [5.74, 6) is -1.36. The summed E-state index contributed by atoms with van der Waals surface area (Å²) in [6.07, 6.45) is 2.98. The van der Waals surface area contributed by atoms with Crippen LogP contribution in [-0.2, 0) is 16.1 Å². The minimum Gasteiger partial charge on any atom is -0.480 e. The Morgan fingerprint density at radius 2 is 2.04 bits per heavy atom. The third-order valence-corrected chi connectivity index (χ3v) is 4.41. The molecule has 1 saturated carbocycles. The lowest BCUT2D eigenvalue weighted by Crippen LogP contribution is -2.57. The smallest absolute Gasteiger partial charge is 0.329 e. The second kappa shape index (κ2) is 6.81. The number of aromatic nitrogens is 1. The van der Waals surface area contributed by atoms with E-state index < -0.39 is 34.4 Å². The highest BCUT2D eigenvalue weighted by Crippen LogP contribution is 2.32. The molecule has 1 fully saturated rings. The Hall–Kier alpha value is -2.71. The molecule has 1 aromatic heterocycles. The molecule has 2 rings (SSSR count). The molecule has 9 heteroatoms. The molecule has 0 radical (unpaired) electrons. The number of carbonyl (C=O) groups is 2. The van der Waals surface area contributed by atoms with Crippen LogP contribution < -0.4 is 10.9 Å². The summed E-state index contributed by atoms with van der Waals surface area (Å²) in [6, 6.07) is 2.05. The summed E-state index contributed by atoms with van der Waals surface area (Å²) in [5.41, 5.74) is -2.23. The zero-order chi connectivity index (χ0) is 17.9. The summed E-state index contributed by atoms with van der Waals surface area (Å²) in [7, 11) is 0. The van der Waals surface area contributed by atoms with Crippen LogP contribution in [0.15, 0.2) is 23.1 Å². The van der Waals surface area contributed by atoms with Crippen LogP contribution >= 0.6 is 0 Å². The Kier molecular flexibility index (Phi) is 5.01. The first-order chi connectivity index (χ1) is 11.2. The number of amides is 1. The predicted octanol–water partition coefficient (Wildman–Crippen LogP) is 0.906. The predicted molar refractivity (Wildman–Crippen MR) is 83.5 cm³/mol. The van der Waals surface area contributed by atoms with Gasteiger partial charge in [-0.25, -0.2) is 4.79 Å². The van der Waals surface area contributed by atoms with Gasteiger partial charge in [-0.05, 0) is 31.6 Å². The number of hydrogen-bond donors (Lipinski definition) is 2. The maximum Gasteiger partial charge on any atom is 0.329 e. The fourth-order valence-corrected chi connectivity index (χ4v) is 2.86. The van der Waals surface area contributed by atoms with E-state index in [0.717, 1.165) is 22.9 Å². The maximum absolute atomic E-state index is 12.2. The normalized spacial score (nSPS) is 23.5. The number of nitrogens with zero attached hydrogens (tertiary/aromatic N) is 2. The molecule has 0 atom stereocenters. The molecule has 1 heterocycles. The summed E-state index contributed by atoms with van der Waals surface area (Å²) < 4.78 is 0.897. The fourth-order valence-electron chi connectivity index (χ4n) is 2.86. The molecule has 1 amide bonds. The molecule has 2 N–H and O–H groups in total. The van der Waals surface area contributed by atoms with Crippen LogP contribution in [0.5, 0.6) is 0 Å². The van der Waals surface area contributed by atoms with E-state index in [1.807, 2.05) is 6.92 Å². The largest absolute Gasteiger partial charge is 0.480 e. The Balaban J connectivity index is 2.15. The van der Waals surface area contributed by atoms with Crippen LogP contribution in [0.3, 0.4) is 0 Å². The van der Waals surface area contributed by atoms with Crippen molar-refractivity contribution in [2.24, 2.45) is 5.92 Å². The number of hydrogen-bond acceptors (Lipinski definition) is 5. The fraction of sp³-hybridized carbons (Fsp3) is 0.533. The Labute approximate surface area is 137 Å². The molecule has 0 aromatic carbocycles. The van der Waals surface area contributed by atoms with Gasteiger partial charge in [-0.2, -0.15) is 0 Å². The van der Waals surface area contributed by atoms with Crippen LogP contribution in [0.25, 0.3) is 0 Å². The van der Waals surface area contributed by atoms with Crippen molar-refractivity contribution in [2.75, 3.05) is 0 Å². The molecule has 1 aliphatic carbocycles. The van der Waals surface area contributed by atoms with Gasteiger partial charge in [-0.1, -0.05) is 6.92 Å². The molecule has 0 aliphatic heterocycles. The van der Waals surface area contributed by atoms with Crippen molar-refractivity contribution in [1.29, 1.82) is 0 Å². The monoisotopic (exact) mass is 337 g/mol. The van der Waals surface area contributed by atoms with Crippen molar-refractivity contribution in [1.82, 2.24) is 9.88 Å². The van der Waals surface area contributed by atoms with Gasteiger partial charge in [-0.15, -0.1) is 0 Å². The maximum atomic E-state index is 12.2. The van der Waals surface area contributed by atoms with E-state index in [1.54, 1.807) is 0 Å². The standard InChI is InChI=1S/C15H19N3O6/c1-10-4-6-15(7-5-10,14(21)22)16-12(19)9-17-8-11(18(23)24)2-3-13(17)20/h2-3,8,10H,4-7,9H2,1H3,(H,16,19)(H,21,22). The Morgan fingerprint density at radius 3 is 2.58 bits per heavy atom. The summed E-state index contributed by atoms with van der Waals surface area (Å²) >= 11 is 0. The quantitative estimate of drug-likeness (QED) is 0.606. The number of nitro groups is 1. The van der Waals surface area contributed by atoms with Crippen molar-refractivity contribution >= 4 is 17.6 Å². The molecule has 1 aliphatic rings. The highest BCUT2D eigenvalue weighted by atomic mass is 16.6. The molecule has 9 nitrogen and oxygen atoms in total. The number of rotatable bonds is 5. The van der Waals surface area contributed by atoms with Crippen LogP contribution in [0.1, 0.15) is 32.6 Å². The van der Waals surface area contributed by atoms with E-state index in [2.05, 4.69) is 5.32 Å². The van der Waals surface area contributed by atoms with E-state index in [1.165, 1.54) is 0 Å². The van der Waals surface area contributed by atoms with Crippen molar-refractivity contribution in [3.05, 3.63) is 38.8 Å². The number of carbonyl (C=O) groups excluding carboxylic acids is 1. The SMILES string of the molecule is CC1CCC(NC(=O)Cn2cc([N+](=O)[O-])ccc2=O)(C(=O)O)CC1.